The standard InChI is InChI=1S/C11H14FN.C2H6/c1-8-11(12)6-10(7-13-8)5-4-9-2-3-9;1-2/h6-7,9H,2-5H2,1H3;1-2H3. The summed E-state index contributed by atoms with van der Waals surface area (Å²) in [6.45, 7) is 5.69. The molecule has 2 rings (SSSR count). The van der Waals surface area contributed by atoms with Gasteiger partial charge in [0.25, 0.3) is 0 Å². The first-order chi connectivity index (χ1) is 7.25. The van der Waals surface area contributed by atoms with Crippen LogP contribution in [0.1, 0.15) is 44.4 Å². The minimum absolute atomic E-state index is 0.173. The smallest absolute Gasteiger partial charge is 0.144 e. The molecular weight excluding hydrogens is 189 g/mol. The Morgan fingerprint density at radius 1 is 1.40 bits per heavy atom. The molecule has 0 saturated heterocycles. The Morgan fingerprint density at radius 2 is 2.07 bits per heavy atom. The summed E-state index contributed by atoms with van der Waals surface area (Å²) in [5, 5.41) is 0. The zero-order valence-corrected chi connectivity index (χ0v) is 9.89. The Bertz CT molecular complexity index is 305. The molecule has 1 aromatic rings. The maximum Gasteiger partial charge on any atom is 0.144 e. The number of halogens is 1. The predicted molar refractivity (Wildman–Crippen MR) is 61.3 cm³/mol. The molecule has 1 fully saturated rings. The van der Waals surface area contributed by atoms with Gasteiger partial charge in [0.2, 0.25) is 0 Å². The summed E-state index contributed by atoms with van der Waals surface area (Å²) in [5.41, 5.74) is 1.53. The zero-order valence-electron chi connectivity index (χ0n) is 9.89. The summed E-state index contributed by atoms with van der Waals surface area (Å²) in [7, 11) is 0. The second-order valence-electron chi connectivity index (χ2n) is 3.89. The molecule has 0 radical (unpaired) electrons. The third kappa shape index (κ3) is 3.98. The summed E-state index contributed by atoms with van der Waals surface area (Å²) in [6, 6.07) is 1.62. The van der Waals surface area contributed by atoms with Crippen molar-refractivity contribution in [1.82, 2.24) is 4.98 Å². The van der Waals surface area contributed by atoms with Crippen molar-refractivity contribution in [2.45, 2.75) is 46.5 Å². The van der Waals surface area contributed by atoms with E-state index in [1.165, 1.54) is 19.3 Å². The van der Waals surface area contributed by atoms with E-state index in [0.717, 1.165) is 17.9 Å². The van der Waals surface area contributed by atoms with Gasteiger partial charge in [0, 0.05) is 6.20 Å². The highest BCUT2D eigenvalue weighted by Crippen LogP contribution is 2.33. The van der Waals surface area contributed by atoms with E-state index in [4.69, 9.17) is 0 Å². The molecule has 0 atom stereocenters. The first-order valence-corrected chi connectivity index (χ1v) is 5.87. The molecule has 2 heteroatoms. The maximum atomic E-state index is 13.1. The van der Waals surface area contributed by atoms with E-state index < -0.39 is 0 Å². The predicted octanol–water partition coefficient (Wildman–Crippen LogP) is 3.90. The first-order valence-electron chi connectivity index (χ1n) is 5.87. The van der Waals surface area contributed by atoms with Gasteiger partial charge in [-0.25, -0.2) is 4.39 Å². The summed E-state index contributed by atoms with van der Waals surface area (Å²) >= 11 is 0. The van der Waals surface area contributed by atoms with Crippen molar-refractivity contribution in [3.05, 3.63) is 29.3 Å². The van der Waals surface area contributed by atoms with Crippen molar-refractivity contribution in [1.29, 1.82) is 0 Å². The fourth-order valence-corrected chi connectivity index (χ4v) is 1.46. The largest absolute Gasteiger partial charge is 0.258 e. The van der Waals surface area contributed by atoms with E-state index in [2.05, 4.69) is 4.98 Å². The van der Waals surface area contributed by atoms with Crippen LogP contribution in [0.15, 0.2) is 12.3 Å². The van der Waals surface area contributed by atoms with Crippen LogP contribution in [-0.4, -0.2) is 4.98 Å². The normalized spacial score (nSPS) is 14.4. The van der Waals surface area contributed by atoms with Crippen molar-refractivity contribution < 1.29 is 4.39 Å². The van der Waals surface area contributed by atoms with E-state index in [1.807, 2.05) is 13.8 Å². The molecule has 0 N–H and O–H groups in total. The minimum atomic E-state index is -0.173. The Balaban J connectivity index is 0.000000531. The van der Waals surface area contributed by atoms with Gasteiger partial charge in [-0.15, -0.1) is 0 Å². The highest BCUT2D eigenvalue weighted by molar-refractivity contribution is 5.15. The van der Waals surface area contributed by atoms with Gasteiger partial charge in [0.1, 0.15) is 5.82 Å². The average Bonchev–Trinajstić information content (AvgIpc) is 3.07. The van der Waals surface area contributed by atoms with Crippen LogP contribution in [0.2, 0.25) is 0 Å². The summed E-state index contributed by atoms with van der Waals surface area (Å²) < 4.78 is 13.1. The lowest BCUT2D eigenvalue weighted by molar-refractivity contribution is 0.604. The Labute approximate surface area is 91.7 Å². The fourth-order valence-electron chi connectivity index (χ4n) is 1.46. The van der Waals surface area contributed by atoms with Crippen LogP contribution in [0.3, 0.4) is 0 Å². The Hall–Kier alpha value is -0.920. The van der Waals surface area contributed by atoms with Crippen molar-refractivity contribution >= 4 is 0 Å². The van der Waals surface area contributed by atoms with Gasteiger partial charge in [0.15, 0.2) is 0 Å². The number of aryl methyl sites for hydroxylation is 2. The van der Waals surface area contributed by atoms with Gasteiger partial charge >= 0.3 is 0 Å². The third-order valence-electron chi connectivity index (χ3n) is 2.62. The molecule has 0 bridgehead atoms. The number of pyridine rings is 1. The van der Waals surface area contributed by atoms with Gasteiger partial charge in [-0.2, -0.15) is 0 Å². The fraction of sp³-hybridized carbons (Fsp3) is 0.615. The highest BCUT2D eigenvalue weighted by atomic mass is 19.1. The molecule has 1 heterocycles. The van der Waals surface area contributed by atoms with Crippen molar-refractivity contribution in [3.8, 4) is 0 Å². The SMILES string of the molecule is CC.Cc1ncc(CCC2CC2)cc1F. The monoisotopic (exact) mass is 209 g/mol. The van der Waals surface area contributed by atoms with Gasteiger partial charge in [-0.1, -0.05) is 26.7 Å². The summed E-state index contributed by atoms with van der Waals surface area (Å²) in [5.74, 6) is 0.734. The number of nitrogens with zero attached hydrogens (tertiary/aromatic N) is 1. The van der Waals surface area contributed by atoms with E-state index in [9.17, 15) is 4.39 Å². The van der Waals surface area contributed by atoms with Gasteiger partial charge in [-0.3, -0.25) is 4.98 Å². The molecule has 1 saturated carbocycles. The van der Waals surface area contributed by atoms with Gasteiger partial charge in [0.05, 0.1) is 5.69 Å². The zero-order chi connectivity index (χ0) is 11.3. The number of rotatable bonds is 3. The van der Waals surface area contributed by atoms with Crippen LogP contribution in [0.25, 0.3) is 0 Å². The molecule has 0 aromatic carbocycles. The average molecular weight is 209 g/mol. The molecule has 0 unspecified atom stereocenters. The van der Waals surface area contributed by atoms with Crippen LogP contribution in [0, 0.1) is 18.7 Å². The van der Waals surface area contributed by atoms with Crippen LogP contribution >= 0.6 is 0 Å². The van der Waals surface area contributed by atoms with Gasteiger partial charge < -0.3 is 0 Å². The molecular formula is C13H20FN. The van der Waals surface area contributed by atoms with Crippen LogP contribution in [-0.2, 0) is 6.42 Å². The summed E-state index contributed by atoms with van der Waals surface area (Å²) in [6.07, 6.45) is 6.70. The van der Waals surface area contributed by atoms with Crippen LogP contribution < -0.4 is 0 Å². The number of aromatic nitrogens is 1. The molecule has 1 aromatic heterocycles. The Kier molecular flexibility index (Phi) is 4.73. The Morgan fingerprint density at radius 3 is 2.60 bits per heavy atom. The van der Waals surface area contributed by atoms with Gasteiger partial charge in [-0.05, 0) is 37.3 Å². The first kappa shape index (κ1) is 12.2. The van der Waals surface area contributed by atoms with E-state index in [-0.39, 0.29) is 5.82 Å². The van der Waals surface area contributed by atoms with E-state index in [0.29, 0.717) is 5.69 Å². The topological polar surface area (TPSA) is 12.9 Å². The number of hydrogen-bond donors (Lipinski definition) is 0. The molecule has 1 aliphatic rings. The van der Waals surface area contributed by atoms with Crippen LogP contribution in [0.4, 0.5) is 4.39 Å². The molecule has 1 nitrogen and oxygen atoms in total. The number of hydrogen-bond acceptors (Lipinski definition) is 1. The highest BCUT2D eigenvalue weighted by Gasteiger charge is 2.20. The van der Waals surface area contributed by atoms with E-state index >= 15 is 0 Å². The molecule has 0 aliphatic heterocycles. The minimum Gasteiger partial charge on any atom is -0.258 e. The maximum absolute atomic E-state index is 13.1. The lowest BCUT2D eigenvalue weighted by atomic mass is 10.1. The van der Waals surface area contributed by atoms with E-state index in [1.54, 1.807) is 19.2 Å². The van der Waals surface area contributed by atoms with Crippen LogP contribution in [0.5, 0.6) is 0 Å². The lowest BCUT2D eigenvalue weighted by Gasteiger charge is -2.01. The lowest BCUT2D eigenvalue weighted by Crippen LogP contribution is -1.93. The molecule has 84 valence electrons. The second kappa shape index (κ2) is 5.84. The molecule has 15 heavy (non-hydrogen) atoms. The summed E-state index contributed by atoms with van der Waals surface area (Å²) in [4.78, 5) is 4.00. The van der Waals surface area contributed by atoms with Crippen molar-refractivity contribution in [3.63, 3.8) is 0 Å². The second-order valence-corrected chi connectivity index (χ2v) is 3.89. The quantitative estimate of drug-likeness (QED) is 0.735. The molecule has 0 amide bonds. The molecule has 1 aliphatic carbocycles. The van der Waals surface area contributed by atoms with Crippen molar-refractivity contribution in [2.75, 3.05) is 0 Å². The van der Waals surface area contributed by atoms with Crippen molar-refractivity contribution in [2.24, 2.45) is 5.92 Å². The molecule has 0 spiro atoms. The third-order valence-corrected chi connectivity index (χ3v) is 2.62.